The van der Waals surface area contributed by atoms with Crippen LogP contribution >= 0.6 is 0 Å². The summed E-state index contributed by atoms with van der Waals surface area (Å²) >= 11 is 0. The van der Waals surface area contributed by atoms with Gasteiger partial charge in [0.05, 0.1) is 32.5 Å². The van der Waals surface area contributed by atoms with Gasteiger partial charge < -0.3 is 24.4 Å². The van der Waals surface area contributed by atoms with Gasteiger partial charge in [0.1, 0.15) is 6.10 Å². The van der Waals surface area contributed by atoms with Gasteiger partial charge in [-0.3, -0.25) is 0 Å². The van der Waals surface area contributed by atoms with Crippen molar-refractivity contribution in [1.82, 2.24) is 0 Å². The van der Waals surface area contributed by atoms with Crippen molar-refractivity contribution in [3.8, 4) is 0 Å². The molecule has 17 heavy (non-hydrogen) atoms. The smallest absolute Gasteiger partial charge is 0.101 e. The maximum Gasteiger partial charge on any atom is 0.101 e. The second-order valence-electron chi connectivity index (χ2n) is 3.78. The third-order valence-corrected chi connectivity index (χ3v) is 2.04. The van der Waals surface area contributed by atoms with Crippen molar-refractivity contribution in [3.63, 3.8) is 0 Å². The van der Waals surface area contributed by atoms with Gasteiger partial charge >= 0.3 is 0 Å². The Bertz CT molecular complexity index is 174. The minimum absolute atomic E-state index is 0.216. The first kappa shape index (κ1) is 16.5. The summed E-state index contributed by atoms with van der Waals surface area (Å²) in [5.74, 6) is 0. The fourth-order valence-electron chi connectivity index (χ4n) is 1.15. The normalized spacial score (nSPS) is 14.5. The molecule has 0 heterocycles. The number of rotatable bonds is 12. The molecule has 0 aromatic carbocycles. The van der Waals surface area contributed by atoms with E-state index in [9.17, 15) is 10.2 Å². The van der Waals surface area contributed by atoms with Crippen molar-refractivity contribution in [2.45, 2.75) is 25.0 Å². The fourth-order valence-corrected chi connectivity index (χ4v) is 1.15. The van der Waals surface area contributed by atoms with Crippen molar-refractivity contribution in [2.24, 2.45) is 0 Å². The molecule has 2 N–H and O–H groups in total. The lowest BCUT2D eigenvalue weighted by Crippen LogP contribution is -2.23. The van der Waals surface area contributed by atoms with Crippen molar-refractivity contribution in [2.75, 3.05) is 40.1 Å². The van der Waals surface area contributed by atoms with E-state index in [0.29, 0.717) is 26.2 Å². The first-order chi connectivity index (χ1) is 8.20. The third-order valence-electron chi connectivity index (χ3n) is 2.04. The maximum atomic E-state index is 9.45. The Balaban J connectivity index is 3.26. The molecule has 5 heteroatoms. The Labute approximate surface area is 103 Å². The Morgan fingerprint density at radius 3 is 2.29 bits per heavy atom. The zero-order valence-corrected chi connectivity index (χ0v) is 10.5. The minimum Gasteiger partial charge on any atom is -0.391 e. The Morgan fingerprint density at radius 2 is 1.71 bits per heavy atom. The van der Waals surface area contributed by atoms with Crippen LogP contribution in [0.4, 0.5) is 0 Å². The molecule has 0 fully saturated rings. The largest absolute Gasteiger partial charge is 0.391 e. The van der Waals surface area contributed by atoms with Gasteiger partial charge in [0, 0.05) is 13.7 Å². The number of aliphatic hydroxyl groups excluding tert-OH is 2. The summed E-state index contributed by atoms with van der Waals surface area (Å²) in [6.07, 6.45) is 1.90. The van der Waals surface area contributed by atoms with Crippen LogP contribution in [0, 0.1) is 0 Å². The molecule has 2 unspecified atom stereocenters. The Kier molecular flexibility index (Phi) is 11.7. The van der Waals surface area contributed by atoms with Crippen LogP contribution in [0.2, 0.25) is 0 Å². The van der Waals surface area contributed by atoms with Crippen LogP contribution in [0.5, 0.6) is 0 Å². The highest BCUT2D eigenvalue weighted by atomic mass is 16.5. The fraction of sp³-hybridized carbons (Fsp3) is 0.833. The number of hydrogen-bond donors (Lipinski definition) is 2. The predicted octanol–water partition coefficient (Wildman–Crippen LogP) is 0.354. The van der Waals surface area contributed by atoms with Crippen LogP contribution in [0.1, 0.15) is 12.8 Å². The number of hydrogen-bond acceptors (Lipinski definition) is 5. The quantitative estimate of drug-likeness (QED) is 0.385. The molecule has 0 aromatic rings. The topological polar surface area (TPSA) is 68.2 Å². The molecule has 102 valence electrons. The standard InChI is InChI=1S/C12H24O5/c1-3-4-6-16-9-12(14)10-17-7-5-11(13)8-15-2/h3,11-14H,1,4-10H2,2H3. The number of methoxy groups -OCH3 is 1. The minimum atomic E-state index is -0.626. The summed E-state index contributed by atoms with van der Waals surface area (Å²) in [4.78, 5) is 0. The third kappa shape index (κ3) is 11.8. The summed E-state index contributed by atoms with van der Waals surface area (Å²) in [6.45, 7) is 5.30. The lowest BCUT2D eigenvalue weighted by molar-refractivity contribution is -0.0282. The average Bonchev–Trinajstić information content (AvgIpc) is 2.31. The molecule has 5 nitrogen and oxygen atoms in total. The van der Waals surface area contributed by atoms with E-state index in [1.54, 1.807) is 6.08 Å². The second kappa shape index (κ2) is 12.0. The van der Waals surface area contributed by atoms with Crippen molar-refractivity contribution >= 4 is 0 Å². The average molecular weight is 248 g/mol. The summed E-state index contributed by atoms with van der Waals surface area (Å²) < 4.78 is 15.2. The van der Waals surface area contributed by atoms with E-state index in [-0.39, 0.29) is 13.2 Å². The highest BCUT2D eigenvalue weighted by Crippen LogP contribution is 1.95. The Morgan fingerprint density at radius 1 is 1.06 bits per heavy atom. The van der Waals surface area contributed by atoms with E-state index in [2.05, 4.69) is 6.58 Å². The van der Waals surface area contributed by atoms with Crippen LogP contribution in [0.15, 0.2) is 12.7 Å². The van der Waals surface area contributed by atoms with Crippen molar-refractivity contribution < 1.29 is 24.4 Å². The molecule has 0 aliphatic heterocycles. The van der Waals surface area contributed by atoms with Gasteiger partial charge in [-0.25, -0.2) is 0 Å². The van der Waals surface area contributed by atoms with Crippen molar-refractivity contribution in [1.29, 1.82) is 0 Å². The van der Waals surface area contributed by atoms with E-state index in [1.165, 1.54) is 7.11 Å². The number of aliphatic hydroxyl groups is 2. The predicted molar refractivity (Wildman–Crippen MR) is 65.0 cm³/mol. The molecule has 0 amide bonds. The summed E-state index contributed by atoms with van der Waals surface area (Å²) in [5.41, 5.74) is 0. The SMILES string of the molecule is C=CCCOCC(O)COCCC(O)COC. The molecular formula is C12H24O5. The lowest BCUT2D eigenvalue weighted by Gasteiger charge is -2.13. The molecule has 0 spiro atoms. The second-order valence-corrected chi connectivity index (χ2v) is 3.78. The van der Waals surface area contributed by atoms with Gasteiger partial charge in [0.2, 0.25) is 0 Å². The molecule has 0 aliphatic rings. The van der Waals surface area contributed by atoms with Crippen LogP contribution < -0.4 is 0 Å². The molecule has 0 saturated carbocycles. The van der Waals surface area contributed by atoms with Crippen LogP contribution in [0.3, 0.4) is 0 Å². The molecule has 0 aliphatic carbocycles. The summed E-state index contributed by atoms with van der Waals surface area (Å²) in [6, 6.07) is 0. The molecule has 0 bridgehead atoms. The van der Waals surface area contributed by atoms with E-state index >= 15 is 0 Å². The molecule has 0 rings (SSSR count). The van der Waals surface area contributed by atoms with Gasteiger partial charge in [-0.05, 0) is 12.8 Å². The molecule has 0 radical (unpaired) electrons. The first-order valence-electron chi connectivity index (χ1n) is 5.82. The van der Waals surface area contributed by atoms with E-state index < -0.39 is 12.2 Å². The molecule has 0 saturated heterocycles. The molecule has 2 atom stereocenters. The van der Waals surface area contributed by atoms with Crippen molar-refractivity contribution in [3.05, 3.63) is 12.7 Å². The van der Waals surface area contributed by atoms with E-state index in [1.807, 2.05) is 0 Å². The monoisotopic (exact) mass is 248 g/mol. The highest BCUT2D eigenvalue weighted by molar-refractivity contribution is 4.65. The van der Waals surface area contributed by atoms with Gasteiger partial charge in [-0.15, -0.1) is 6.58 Å². The van der Waals surface area contributed by atoms with E-state index in [0.717, 1.165) is 6.42 Å². The van der Waals surface area contributed by atoms with Crippen LogP contribution in [0.25, 0.3) is 0 Å². The van der Waals surface area contributed by atoms with Crippen LogP contribution in [-0.4, -0.2) is 62.6 Å². The first-order valence-corrected chi connectivity index (χ1v) is 5.82. The molecular weight excluding hydrogens is 224 g/mol. The maximum absolute atomic E-state index is 9.45. The van der Waals surface area contributed by atoms with Gasteiger partial charge in [-0.1, -0.05) is 6.08 Å². The summed E-state index contributed by atoms with van der Waals surface area (Å²) in [7, 11) is 1.54. The lowest BCUT2D eigenvalue weighted by atomic mass is 10.3. The molecule has 0 aromatic heterocycles. The van der Waals surface area contributed by atoms with Crippen LogP contribution in [-0.2, 0) is 14.2 Å². The van der Waals surface area contributed by atoms with Gasteiger partial charge in [0.15, 0.2) is 0 Å². The zero-order valence-electron chi connectivity index (χ0n) is 10.5. The highest BCUT2D eigenvalue weighted by Gasteiger charge is 2.06. The number of ether oxygens (including phenoxy) is 3. The van der Waals surface area contributed by atoms with Gasteiger partial charge in [-0.2, -0.15) is 0 Å². The summed E-state index contributed by atoms with van der Waals surface area (Å²) in [5, 5.41) is 18.8. The Hall–Kier alpha value is -0.460. The van der Waals surface area contributed by atoms with Gasteiger partial charge in [0.25, 0.3) is 0 Å². The van der Waals surface area contributed by atoms with E-state index in [4.69, 9.17) is 14.2 Å². The zero-order chi connectivity index (χ0) is 12.9.